The maximum atomic E-state index is 12.6. The molecule has 0 atom stereocenters. The van der Waals surface area contributed by atoms with Gasteiger partial charge >= 0.3 is 6.18 Å². The first-order chi connectivity index (χ1) is 10.8. The van der Waals surface area contributed by atoms with Crippen LogP contribution in [0.1, 0.15) is 22.4 Å². The maximum absolute atomic E-state index is 12.6. The first-order valence-corrected chi connectivity index (χ1v) is 7.09. The molecule has 3 rings (SSSR count). The molecule has 0 amide bonds. The molecule has 0 saturated heterocycles. The van der Waals surface area contributed by atoms with Gasteiger partial charge in [0.2, 0.25) is 5.95 Å². The van der Waals surface area contributed by atoms with Gasteiger partial charge in [0.15, 0.2) is 0 Å². The summed E-state index contributed by atoms with van der Waals surface area (Å²) in [6, 6.07) is 5.07. The number of benzene rings is 1. The van der Waals surface area contributed by atoms with Gasteiger partial charge in [0, 0.05) is 26.1 Å². The van der Waals surface area contributed by atoms with Crippen LogP contribution in [0.15, 0.2) is 29.1 Å². The number of fused-ring (bicyclic) bond motifs is 1. The van der Waals surface area contributed by atoms with Gasteiger partial charge in [0.1, 0.15) is 0 Å². The topological polar surface area (TPSA) is 75.0 Å². The predicted molar refractivity (Wildman–Crippen MR) is 78.5 cm³/mol. The van der Waals surface area contributed by atoms with Gasteiger partial charge in [-0.05, 0) is 17.7 Å². The molecule has 1 aliphatic rings. The SMILES string of the molecule is Nc1nc2c(c(=O)[nH]1)CN(Cc1ccc(C(F)(F)F)cc1)CC2. The van der Waals surface area contributed by atoms with E-state index in [1.807, 2.05) is 4.90 Å². The molecule has 1 aliphatic heterocycles. The molecule has 0 fully saturated rings. The van der Waals surface area contributed by atoms with Crippen molar-refractivity contribution in [2.24, 2.45) is 0 Å². The average molecular weight is 324 g/mol. The van der Waals surface area contributed by atoms with Gasteiger partial charge in [0.25, 0.3) is 5.56 Å². The van der Waals surface area contributed by atoms with Crippen molar-refractivity contribution in [3.63, 3.8) is 0 Å². The summed E-state index contributed by atoms with van der Waals surface area (Å²) >= 11 is 0. The standard InChI is InChI=1S/C15H15F3N4O/c16-15(17,18)10-3-1-9(2-4-10)7-22-6-5-12-11(8-22)13(23)21-14(19)20-12/h1-4H,5-8H2,(H3,19,20,21,23). The number of nitrogens with two attached hydrogens (primary N) is 1. The maximum Gasteiger partial charge on any atom is 0.416 e. The molecule has 2 heterocycles. The number of nitrogens with one attached hydrogen (secondary N) is 1. The van der Waals surface area contributed by atoms with Crippen LogP contribution in [0.3, 0.4) is 0 Å². The average Bonchev–Trinajstić information content (AvgIpc) is 2.47. The van der Waals surface area contributed by atoms with Gasteiger partial charge in [-0.2, -0.15) is 13.2 Å². The van der Waals surface area contributed by atoms with Gasteiger partial charge in [0.05, 0.1) is 16.8 Å². The molecular weight excluding hydrogens is 309 g/mol. The highest BCUT2D eigenvalue weighted by molar-refractivity contribution is 5.28. The van der Waals surface area contributed by atoms with Crippen LogP contribution < -0.4 is 11.3 Å². The van der Waals surface area contributed by atoms with Crippen LogP contribution in [-0.2, 0) is 25.7 Å². The number of anilines is 1. The molecule has 1 aromatic carbocycles. The molecule has 0 bridgehead atoms. The van der Waals surface area contributed by atoms with Crippen molar-refractivity contribution in [3.8, 4) is 0 Å². The molecule has 1 aromatic heterocycles. The van der Waals surface area contributed by atoms with Crippen LogP contribution in [0.25, 0.3) is 0 Å². The Bertz CT molecular complexity index is 768. The lowest BCUT2D eigenvalue weighted by molar-refractivity contribution is -0.137. The highest BCUT2D eigenvalue weighted by Gasteiger charge is 2.30. The fourth-order valence-corrected chi connectivity index (χ4v) is 2.69. The second-order valence-electron chi connectivity index (χ2n) is 5.53. The van der Waals surface area contributed by atoms with Gasteiger partial charge in [-0.25, -0.2) is 4.98 Å². The quantitative estimate of drug-likeness (QED) is 0.885. The molecule has 0 aliphatic carbocycles. The first-order valence-electron chi connectivity index (χ1n) is 7.09. The largest absolute Gasteiger partial charge is 0.416 e. The number of aromatic nitrogens is 2. The van der Waals surface area contributed by atoms with Crippen LogP contribution in [-0.4, -0.2) is 21.4 Å². The van der Waals surface area contributed by atoms with Gasteiger partial charge in [-0.1, -0.05) is 12.1 Å². The second kappa shape index (κ2) is 5.69. The third-order valence-electron chi connectivity index (χ3n) is 3.85. The normalized spacial score (nSPS) is 15.4. The minimum absolute atomic E-state index is 0.102. The second-order valence-corrected chi connectivity index (χ2v) is 5.53. The number of nitrogens with zero attached hydrogens (tertiary/aromatic N) is 2. The van der Waals surface area contributed by atoms with Gasteiger partial charge in [-0.3, -0.25) is 14.7 Å². The minimum Gasteiger partial charge on any atom is -0.369 e. The highest BCUT2D eigenvalue weighted by atomic mass is 19.4. The van der Waals surface area contributed by atoms with Crippen molar-refractivity contribution < 1.29 is 13.2 Å². The van der Waals surface area contributed by atoms with E-state index >= 15 is 0 Å². The summed E-state index contributed by atoms with van der Waals surface area (Å²) in [5.74, 6) is 0.102. The number of H-pyrrole nitrogens is 1. The molecule has 23 heavy (non-hydrogen) atoms. The lowest BCUT2D eigenvalue weighted by Crippen LogP contribution is -2.35. The van der Waals surface area contributed by atoms with Gasteiger partial charge < -0.3 is 5.73 Å². The zero-order valence-corrected chi connectivity index (χ0v) is 12.2. The summed E-state index contributed by atoms with van der Waals surface area (Å²) < 4.78 is 37.7. The Kier molecular flexibility index (Phi) is 3.85. The van der Waals surface area contributed by atoms with E-state index in [2.05, 4.69) is 9.97 Å². The Hall–Kier alpha value is -2.35. The molecule has 0 spiro atoms. The molecule has 3 N–H and O–H groups in total. The zero-order chi connectivity index (χ0) is 16.6. The third kappa shape index (κ3) is 3.37. The van der Waals surface area contributed by atoms with Crippen molar-refractivity contribution >= 4 is 5.95 Å². The predicted octanol–water partition coefficient (Wildman–Crippen LogP) is 1.93. The third-order valence-corrected chi connectivity index (χ3v) is 3.85. The van der Waals surface area contributed by atoms with Crippen molar-refractivity contribution in [1.29, 1.82) is 0 Å². The van der Waals surface area contributed by atoms with Crippen molar-refractivity contribution in [3.05, 3.63) is 57.0 Å². The van der Waals surface area contributed by atoms with E-state index in [-0.39, 0.29) is 11.5 Å². The van der Waals surface area contributed by atoms with Crippen molar-refractivity contribution in [1.82, 2.24) is 14.9 Å². The fourth-order valence-electron chi connectivity index (χ4n) is 2.69. The first kappa shape index (κ1) is 15.5. The number of halogens is 3. The van der Waals surface area contributed by atoms with Crippen molar-refractivity contribution in [2.75, 3.05) is 12.3 Å². The van der Waals surface area contributed by atoms with Crippen LogP contribution in [0.2, 0.25) is 0 Å². The number of alkyl halides is 3. The molecule has 5 nitrogen and oxygen atoms in total. The number of rotatable bonds is 2. The lowest BCUT2D eigenvalue weighted by atomic mass is 10.1. The molecule has 8 heteroatoms. The van der Waals surface area contributed by atoms with E-state index in [9.17, 15) is 18.0 Å². The van der Waals surface area contributed by atoms with Crippen LogP contribution in [0.4, 0.5) is 19.1 Å². The van der Waals surface area contributed by atoms with E-state index < -0.39 is 11.7 Å². The highest BCUT2D eigenvalue weighted by Crippen LogP contribution is 2.29. The smallest absolute Gasteiger partial charge is 0.369 e. The monoisotopic (exact) mass is 324 g/mol. The molecular formula is C15H15F3N4O. The summed E-state index contributed by atoms with van der Waals surface area (Å²) in [5, 5.41) is 0. The zero-order valence-electron chi connectivity index (χ0n) is 12.2. The van der Waals surface area contributed by atoms with Crippen molar-refractivity contribution in [2.45, 2.75) is 25.7 Å². The van der Waals surface area contributed by atoms with E-state index in [0.29, 0.717) is 37.3 Å². The Morgan fingerprint density at radius 2 is 1.96 bits per heavy atom. The Balaban J connectivity index is 1.74. The summed E-state index contributed by atoms with van der Waals surface area (Å²) in [6.07, 6.45) is -3.74. The van der Waals surface area contributed by atoms with E-state index in [4.69, 9.17) is 5.73 Å². The molecule has 0 unspecified atom stereocenters. The van der Waals surface area contributed by atoms with E-state index in [1.54, 1.807) is 0 Å². The fraction of sp³-hybridized carbons (Fsp3) is 0.333. The van der Waals surface area contributed by atoms with Gasteiger partial charge in [-0.15, -0.1) is 0 Å². The Morgan fingerprint density at radius 1 is 1.26 bits per heavy atom. The number of hydrogen-bond acceptors (Lipinski definition) is 4. The summed E-state index contributed by atoms with van der Waals surface area (Å²) in [6.45, 7) is 1.55. The molecule has 2 aromatic rings. The molecule has 0 radical (unpaired) electrons. The summed E-state index contributed by atoms with van der Waals surface area (Å²) in [4.78, 5) is 20.5. The van der Waals surface area contributed by atoms with Crippen LogP contribution in [0.5, 0.6) is 0 Å². The summed E-state index contributed by atoms with van der Waals surface area (Å²) in [5.41, 5.74) is 6.61. The summed E-state index contributed by atoms with van der Waals surface area (Å²) in [7, 11) is 0. The molecule has 0 saturated carbocycles. The van der Waals surface area contributed by atoms with Crippen LogP contribution in [0, 0.1) is 0 Å². The lowest BCUT2D eigenvalue weighted by Gasteiger charge is -2.27. The van der Waals surface area contributed by atoms with E-state index in [0.717, 1.165) is 17.7 Å². The van der Waals surface area contributed by atoms with Crippen LogP contribution >= 0.6 is 0 Å². The van der Waals surface area contributed by atoms with E-state index in [1.165, 1.54) is 12.1 Å². The Morgan fingerprint density at radius 3 is 2.61 bits per heavy atom. The number of hydrogen-bond donors (Lipinski definition) is 2. The Labute approximate surface area is 130 Å². The number of aromatic amines is 1. The minimum atomic E-state index is -4.33. The molecule has 122 valence electrons. The number of nitrogen functional groups attached to an aromatic ring is 1.